The van der Waals surface area contributed by atoms with Crippen LogP contribution < -0.4 is 4.74 Å². The van der Waals surface area contributed by atoms with E-state index in [1.807, 2.05) is 12.1 Å². The van der Waals surface area contributed by atoms with Gasteiger partial charge in [-0.15, -0.1) is 0 Å². The Morgan fingerprint density at radius 3 is 2.26 bits per heavy atom. The van der Waals surface area contributed by atoms with E-state index < -0.39 is 0 Å². The van der Waals surface area contributed by atoms with E-state index in [0.717, 1.165) is 5.75 Å². The Bertz CT molecular complexity index is 596. The molecular formula is C18H13O. The van der Waals surface area contributed by atoms with Gasteiger partial charge >= 0.3 is 0 Å². The minimum absolute atomic E-state index is 0.00102. The Hall–Kier alpha value is -1.76. The van der Waals surface area contributed by atoms with Gasteiger partial charge in [-0.05, 0) is 37.3 Å². The highest BCUT2D eigenvalue weighted by atomic mass is 16.5. The molecule has 0 N–H and O–H groups in total. The summed E-state index contributed by atoms with van der Waals surface area (Å²) in [6.07, 6.45) is 8.36. The molecule has 1 aliphatic heterocycles. The zero-order valence-electron chi connectivity index (χ0n) is 10.4. The molecular weight excluding hydrogens is 232 g/mol. The van der Waals surface area contributed by atoms with Crippen molar-refractivity contribution in [1.82, 2.24) is 0 Å². The van der Waals surface area contributed by atoms with Gasteiger partial charge in [0.15, 0.2) is 0 Å². The average Bonchev–Trinajstić information content (AvgIpc) is 3.00. The Kier molecular flexibility index (Phi) is 2.58. The van der Waals surface area contributed by atoms with Crippen molar-refractivity contribution in [3.8, 4) is 16.9 Å². The third kappa shape index (κ3) is 1.76. The summed E-state index contributed by atoms with van der Waals surface area (Å²) in [5.41, 5.74) is 3.70. The molecule has 2 aliphatic rings. The highest BCUT2D eigenvalue weighted by Crippen LogP contribution is 2.48. The highest BCUT2D eigenvalue weighted by Gasteiger charge is 2.34. The molecule has 1 heteroatoms. The molecule has 0 aromatic heterocycles. The van der Waals surface area contributed by atoms with Crippen molar-refractivity contribution in [2.45, 2.75) is 6.10 Å². The first kappa shape index (κ1) is 11.1. The van der Waals surface area contributed by atoms with Crippen LogP contribution in [0.3, 0.4) is 0 Å². The predicted molar refractivity (Wildman–Crippen MR) is 75.7 cm³/mol. The summed E-state index contributed by atoms with van der Waals surface area (Å²) in [6.45, 7) is 0. The number of para-hydroxylation sites is 1. The normalized spacial score (nSPS) is 21.6. The van der Waals surface area contributed by atoms with E-state index in [9.17, 15) is 0 Å². The van der Waals surface area contributed by atoms with Gasteiger partial charge in [-0.1, -0.05) is 42.5 Å². The molecule has 1 heterocycles. The minimum atomic E-state index is 0.00102. The summed E-state index contributed by atoms with van der Waals surface area (Å²) in [7, 11) is 0. The molecule has 1 saturated carbocycles. The van der Waals surface area contributed by atoms with Crippen molar-refractivity contribution in [1.29, 1.82) is 0 Å². The quantitative estimate of drug-likeness (QED) is 0.732. The van der Waals surface area contributed by atoms with E-state index in [0.29, 0.717) is 0 Å². The number of hydrogen-bond acceptors (Lipinski definition) is 1. The molecule has 0 amide bonds. The van der Waals surface area contributed by atoms with Gasteiger partial charge in [-0.25, -0.2) is 0 Å². The van der Waals surface area contributed by atoms with Crippen molar-refractivity contribution in [3.05, 3.63) is 85.7 Å². The van der Waals surface area contributed by atoms with E-state index in [1.54, 1.807) is 0 Å². The number of hydrogen-bond donors (Lipinski definition) is 0. The summed E-state index contributed by atoms with van der Waals surface area (Å²) < 4.78 is 6.20. The molecule has 5 radical (unpaired) electrons. The second kappa shape index (κ2) is 4.41. The first-order chi connectivity index (χ1) is 9.43. The Morgan fingerprint density at radius 1 is 0.737 bits per heavy atom. The smallest absolute Gasteiger partial charge is 0.131 e. The maximum absolute atomic E-state index is 6.20. The lowest BCUT2D eigenvalue weighted by Crippen LogP contribution is -2.20. The summed E-state index contributed by atoms with van der Waals surface area (Å²) in [6, 6.07) is 16.7. The summed E-state index contributed by atoms with van der Waals surface area (Å²) in [5.74, 6) is 2.18. The third-order valence-corrected chi connectivity index (χ3v) is 3.66. The number of benzene rings is 2. The van der Waals surface area contributed by atoms with Crippen LogP contribution in [0.5, 0.6) is 5.75 Å². The highest BCUT2D eigenvalue weighted by molar-refractivity contribution is 5.76. The molecule has 0 bridgehead atoms. The van der Waals surface area contributed by atoms with Gasteiger partial charge < -0.3 is 4.74 Å². The maximum atomic E-state index is 6.20. The average molecular weight is 245 g/mol. The van der Waals surface area contributed by atoms with Crippen LogP contribution in [0, 0.1) is 31.6 Å². The van der Waals surface area contributed by atoms with Crippen molar-refractivity contribution < 1.29 is 4.74 Å². The molecule has 1 atom stereocenters. The first-order valence-electron chi connectivity index (χ1n) is 6.50. The zero-order chi connectivity index (χ0) is 12.7. The second-order valence-corrected chi connectivity index (χ2v) is 4.80. The van der Waals surface area contributed by atoms with Gasteiger partial charge in [-0.3, -0.25) is 0 Å². The van der Waals surface area contributed by atoms with Gasteiger partial charge in [0.25, 0.3) is 0 Å². The summed E-state index contributed by atoms with van der Waals surface area (Å²) in [5, 5.41) is 0. The molecule has 2 aromatic rings. The van der Waals surface area contributed by atoms with Crippen molar-refractivity contribution in [2.75, 3.05) is 0 Å². The maximum Gasteiger partial charge on any atom is 0.131 e. The second-order valence-electron chi connectivity index (χ2n) is 4.80. The molecule has 91 valence electrons. The van der Waals surface area contributed by atoms with Crippen LogP contribution in [0.15, 0.2) is 48.5 Å². The number of fused-ring (bicyclic) bond motifs is 3. The van der Waals surface area contributed by atoms with Gasteiger partial charge in [0.1, 0.15) is 11.9 Å². The largest absolute Gasteiger partial charge is 0.484 e. The molecule has 2 aromatic carbocycles. The molecule has 1 nitrogen and oxygen atoms in total. The fraction of sp³-hybridized carbons (Fsp3) is 0.0556. The lowest BCUT2D eigenvalue weighted by atomic mass is 9.86. The van der Waals surface area contributed by atoms with E-state index in [2.05, 4.69) is 62.1 Å². The third-order valence-electron chi connectivity index (χ3n) is 3.66. The molecule has 19 heavy (non-hydrogen) atoms. The van der Waals surface area contributed by atoms with Gasteiger partial charge in [-0.2, -0.15) is 0 Å². The van der Waals surface area contributed by atoms with Gasteiger partial charge in [0, 0.05) is 17.0 Å². The van der Waals surface area contributed by atoms with Crippen LogP contribution in [-0.4, -0.2) is 0 Å². The molecule has 4 rings (SSSR count). The van der Waals surface area contributed by atoms with Gasteiger partial charge in [0.05, 0.1) is 0 Å². The van der Waals surface area contributed by atoms with Crippen LogP contribution >= 0.6 is 0 Å². The summed E-state index contributed by atoms with van der Waals surface area (Å²) in [4.78, 5) is 0. The van der Waals surface area contributed by atoms with Crippen LogP contribution in [-0.2, 0) is 0 Å². The standard InChI is InChI=1S/C18H13O/c1-2-8-13(7-1)18-16-11-4-3-9-14(16)15-10-5-6-12-17(15)19-18/h1-12,18H. The fourth-order valence-electron chi connectivity index (χ4n) is 2.76. The fourth-order valence-corrected chi connectivity index (χ4v) is 2.76. The summed E-state index contributed by atoms with van der Waals surface area (Å²) >= 11 is 0. The SMILES string of the molecule is [CH]1[CH][CH][C](C2Oc3ccccc3-c3ccccc32)[CH]1. The van der Waals surface area contributed by atoms with E-state index >= 15 is 0 Å². The first-order valence-corrected chi connectivity index (χ1v) is 6.50. The lowest BCUT2D eigenvalue weighted by molar-refractivity contribution is 0.224. The van der Waals surface area contributed by atoms with Crippen LogP contribution in [0.25, 0.3) is 11.1 Å². The molecule has 1 aliphatic carbocycles. The van der Waals surface area contributed by atoms with E-state index in [-0.39, 0.29) is 6.10 Å². The Morgan fingerprint density at radius 2 is 1.42 bits per heavy atom. The lowest BCUT2D eigenvalue weighted by Gasteiger charge is -2.31. The Labute approximate surface area is 114 Å². The predicted octanol–water partition coefficient (Wildman–Crippen LogP) is 4.19. The van der Waals surface area contributed by atoms with Crippen LogP contribution in [0.4, 0.5) is 0 Å². The molecule has 1 fully saturated rings. The Balaban J connectivity index is 1.85. The molecule has 0 spiro atoms. The van der Waals surface area contributed by atoms with Gasteiger partial charge in [0.2, 0.25) is 0 Å². The topological polar surface area (TPSA) is 9.23 Å². The molecule has 1 unspecified atom stereocenters. The zero-order valence-corrected chi connectivity index (χ0v) is 10.4. The molecule has 0 saturated heterocycles. The van der Waals surface area contributed by atoms with Crippen LogP contribution in [0.2, 0.25) is 0 Å². The van der Waals surface area contributed by atoms with E-state index in [4.69, 9.17) is 4.74 Å². The van der Waals surface area contributed by atoms with E-state index in [1.165, 1.54) is 22.6 Å². The monoisotopic (exact) mass is 245 g/mol. The van der Waals surface area contributed by atoms with Crippen LogP contribution in [0.1, 0.15) is 11.7 Å². The van der Waals surface area contributed by atoms with Crippen molar-refractivity contribution in [3.63, 3.8) is 0 Å². The van der Waals surface area contributed by atoms with Crippen molar-refractivity contribution >= 4 is 0 Å². The minimum Gasteiger partial charge on any atom is -0.484 e. The number of ether oxygens (including phenoxy) is 1. The van der Waals surface area contributed by atoms with Crippen molar-refractivity contribution in [2.24, 2.45) is 0 Å². The number of rotatable bonds is 1.